The number of benzene rings is 1. The van der Waals surface area contributed by atoms with Crippen LogP contribution in [0.4, 0.5) is 10.1 Å². The predicted octanol–water partition coefficient (Wildman–Crippen LogP) is 1.31. The van der Waals surface area contributed by atoms with E-state index in [2.05, 4.69) is 10.6 Å². The van der Waals surface area contributed by atoms with Gasteiger partial charge >= 0.3 is 0 Å². The van der Waals surface area contributed by atoms with Crippen molar-refractivity contribution >= 4 is 11.6 Å². The third-order valence-corrected chi connectivity index (χ3v) is 1.83. The number of rotatable bonds is 4. The Bertz CT molecular complexity index is 315. The Morgan fingerprint density at radius 3 is 2.93 bits per heavy atom. The highest BCUT2D eigenvalue weighted by Crippen LogP contribution is 2.09. The molecule has 3 nitrogen and oxygen atoms in total. The molecule has 0 fully saturated rings. The summed E-state index contributed by atoms with van der Waals surface area (Å²) in [6.07, 6.45) is 0. The number of anilines is 1. The molecule has 14 heavy (non-hydrogen) atoms. The molecule has 0 aliphatic heterocycles. The maximum atomic E-state index is 11.8. The van der Waals surface area contributed by atoms with Crippen LogP contribution in [-0.4, -0.2) is 19.6 Å². The van der Waals surface area contributed by atoms with Crippen LogP contribution in [0.2, 0.25) is 0 Å². The van der Waals surface area contributed by atoms with E-state index in [1.807, 2.05) is 31.3 Å². The van der Waals surface area contributed by atoms with Gasteiger partial charge in [0.15, 0.2) is 6.67 Å². The van der Waals surface area contributed by atoms with E-state index in [4.69, 9.17) is 0 Å². The number of amides is 1. The molecule has 0 atom stereocenters. The Labute approximate surface area is 82.3 Å². The van der Waals surface area contributed by atoms with Gasteiger partial charge in [0.2, 0.25) is 0 Å². The zero-order valence-corrected chi connectivity index (χ0v) is 8.01. The lowest BCUT2D eigenvalue weighted by Gasteiger charge is -2.05. The molecule has 1 rings (SSSR count). The molecule has 0 heterocycles. The fraction of sp³-hybridized carbons (Fsp3) is 0.300. The minimum Gasteiger partial charge on any atom is -0.388 e. The molecule has 76 valence electrons. The molecule has 0 bridgehead atoms. The van der Waals surface area contributed by atoms with Gasteiger partial charge in [-0.2, -0.15) is 0 Å². The second kappa shape index (κ2) is 5.21. The first-order valence-electron chi connectivity index (χ1n) is 4.35. The van der Waals surface area contributed by atoms with Crippen LogP contribution in [0.3, 0.4) is 0 Å². The summed E-state index contributed by atoms with van der Waals surface area (Å²) in [6, 6.07) is 7.57. The molecule has 0 aromatic heterocycles. The summed E-state index contributed by atoms with van der Waals surface area (Å²) in [5.41, 5.74) is 1.91. The number of nitrogens with one attached hydrogen (secondary N) is 2. The van der Waals surface area contributed by atoms with Gasteiger partial charge in [0.05, 0.1) is 0 Å². The van der Waals surface area contributed by atoms with Crippen molar-refractivity contribution in [1.82, 2.24) is 5.32 Å². The summed E-state index contributed by atoms with van der Waals surface area (Å²) < 4.78 is 11.8. The van der Waals surface area contributed by atoms with E-state index < -0.39 is 12.6 Å². The fourth-order valence-corrected chi connectivity index (χ4v) is 1.08. The minimum atomic E-state index is -0.967. The van der Waals surface area contributed by atoms with Gasteiger partial charge in [-0.3, -0.25) is 4.79 Å². The van der Waals surface area contributed by atoms with E-state index in [0.29, 0.717) is 6.54 Å². The maximum Gasteiger partial charge on any atom is 0.251 e. The van der Waals surface area contributed by atoms with Crippen LogP contribution >= 0.6 is 0 Å². The van der Waals surface area contributed by atoms with E-state index in [-0.39, 0.29) is 0 Å². The Morgan fingerprint density at radius 2 is 2.29 bits per heavy atom. The molecule has 0 saturated heterocycles. The van der Waals surface area contributed by atoms with E-state index >= 15 is 0 Å². The molecule has 0 radical (unpaired) electrons. The van der Waals surface area contributed by atoms with Gasteiger partial charge in [0.1, 0.15) is 0 Å². The molecule has 0 aliphatic rings. The molecule has 1 aromatic carbocycles. The van der Waals surface area contributed by atoms with Crippen LogP contribution in [0.5, 0.6) is 0 Å². The van der Waals surface area contributed by atoms with Crippen molar-refractivity contribution in [3.8, 4) is 0 Å². The van der Waals surface area contributed by atoms with Gasteiger partial charge in [-0.15, -0.1) is 0 Å². The number of halogens is 1. The van der Waals surface area contributed by atoms with Crippen molar-refractivity contribution in [1.29, 1.82) is 0 Å². The topological polar surface area (TPSA) is 41.1 Å². The number of alkyl halides is 1. The number of hydrogen-bond acceptors (Lipinski definition) is 2. The van der Waals surface area contributed by atoms with Crippen molar-refractivity contribution in [2.45, 2.75) is 6.54 Å². The summed E-state index contributed by atoms with van der Waals surface area (Å²) in [6.45, 7) is -0.607. The quantitative estimate of drug-likeness (QED) is 0.762. The third kappa shape index (κ3) is 3.05. The normalized spacial score (nSPS) is 9.57. The van der Waals surface area contributed by atoms with E-state index in [1.54, 1.807) is 0 Å². The number of carbonyl (C=O) groups excluding carboxylic acids is 1. The third-order valence-electron chi connectivity index (χ3n) is 1.83. The zero-order chi connectivity index (χ0) is 10.4. The summed E-state index contributed by atoms with van der Waals surface area (Å²) >= 11 is 0. The Kier molecular flexibility index (Phi) is 3.91. The summed E-state index contributed by atoms with van der Waals surface area (Å²) in [7, 11) is 1.82. The highest BCUT2D eigenvalue weighted by atomic mass is 19.1. The molecule has 0 unspecified atom stereocenters. The van der Waals surface area contributed by atoms with Crippen LogP contribution in [0, 0.1) is 0 Å². The van der Waals surface area contributed by atoms with Gasteiger partial charge in [0.25, 0.3) is 5.91 Å². The Morgan fingerprint density at radius 1 is 1.50 bits per heavy atom. The average molecular weight is 196 g/mol. The average Bonchev–Trinajstić information content (AvgIpc) is 2.26. The molecule has 0 aliphatic carbocycles. The number of hydrogen-bond donors (Lipinski definition) is 2. The molecule has 0 spiro atoms. The maximum absolute atomic E-state index is 11.8. The molecule has 1 aromatic rings. The fourth-order valence-electron chi connectivity index (χ4n) is 1.08. The van der Waals surface area contributed by atoms with Crippen LogP contribution in [0.25, 0.3) is 0 Å². The molecular weight excluding hydrogens is 183 g/mol. The lowest BCUT2D eigenvalue weighted by atomic mass is 10.2. The summed E-state index contributed by atoms with van der Waals surface area (Å²) in [4.78, 5) is 10.6. The van der Waals surface area contributed by atoms with Crippen LogP contribution < -0.4 is 10.6 Å². The van der Waals surface area contributed by atoms with Crippen LogP contribution in [0.15, 0.2) is 24.3 Å². The van der Waals surface area contributed by atoms with Crippen molar-refractivity contribution in [3.05, 3.63) is 29.8 Å². The molecular formula is C10H13FN2O. The van der Waals surface area contributed by atoms with E-state index in [0.717, 1.165) is 11.3 Å². The smallest absolute Gasteiger partial charge is 0.251 e. The van der Waals surface area contributed by atoms with Crippen molar-refractivity contribution in [3.63, 3.8) is 0 Å². The summed E-state index contributed by atoms with van der Waals surface area (Å²) in [5.74, 6) is -0.583. The molecule has 1 amide bonds. The minimum absolute atomic E-state index is 0.359. The van der Waals surface area contributed by atoms with Crippen molar-refractivity contribution in [2.24, 2.45) is 0 Å². The molecule has 4 heteroatoms. The lowest BCUT2D eigenvalue weighted by molar-refractivity contribution is -0.122. The van der Waals surface area contributed by atoms with Gasteiger partial charge < -0.3 is 10.6 Å². The Balaban J connectivity index is 2.54. The first kappa shape index (κ1) is 10.5. The van der Waals surface area contributed by atoms with Gasteiger partial charge in [-0.25, -0.2) is 4.39 Å². The van der Waals surface area contributed by atoms with Gasteiger partial charge in [-0.1, -0.05) is 12.1 Å². The molecule has 2 N–H and O–H groups in total. The second-order valence-electron chi connectivity index (χ2n) is 2.86. The zero-order valence-electron chi connectivity index (χ0n) is 8.01. The van der Waals surface area contributed by atoms with E-state index in [9.17, 15) is 9.18 Å². The highest BCUT2D eigenvalue weighted by Gasteiger charge is 1.99. The highest BCUT2D eigenvalue weighted by molar-refractivity contribution is 5.76. The molecule has 0 saturated carbocycles. The van der Waals surface area contributed by atoms with Crippen molar-refractivity contribution in [2.75, 3.05) is 19.0 Å². The van der Waals surface area contributed by atoms with Crippen LogP contribution in [-0.2, 0) is 11.3 Å². The van der Waals surface area contributed by atoms with Gasteiger partial charge in [-0.05, 0) is 17.7 Å². The first-order valence-corrected chi connectivity index (χ1v) is 4.35. The Hall–Kier alpha value is -1.58. The summed E-state index contributed by atoms with van der Waals surface area (Å²) in [5, 5.41) is 5.44. The van der Waals surface area contributed by atoms with Crippen LogP contribution in [0.1, 0.15) is 5.56 Å². The monoisotopic (exact) mass is 196 g/mol. The SMILES string of the molecule is CNc1cccc(CNC(=O)CF)c1. The second-order valence-corrected chi connectivity index (χ2v) is 2.86. The number of carbonyl (C=O) groups is 1. The van der Waals surface area contributed by atoms with Gasteiger partial charge in [0, 0.05) is 19.3 Å². The lowest BCUT2D eigenvalue weighted by Crippen LogP contribution is -2.23. The largest absolute Gasteiger partial charge is 0.388 e. The first-order chi connectivity index (χ1) is 6.76. The standard InChI is InChI=1S/C10H13FN2O/c1-12-9-4-2-3-8(5-9)7-13-10(14)6-11/h2-5,12H,6-7H2,1H3,(H,13,14). The predicted molar refractivity (Wildman–Crippen MR) is 53.8 cm³/mol. The van der Waals surface area contributed by atoms with Crippen molar-refractivity contribution < 1.29 is 9.18 Å². The van der Waals surface area contributed by atoms with E-state index in [1.165, 1.54) is 0 Å².